The largest absolute Gasteiger partial charge is 0.379 e. The molecule has 1 heterocycles. The molecule has 0 unspecified atom stereocenters. The van der Waals surface area contributed by atoms with Crippen LogP contribution in [0.5, 0.6) is 0 Å². The predicted octanol–water partition coefficient (Wildman–Crippen LogP) is 4.04. The number of nitrogens with zero attached hydrogens (tertiary/aromatic N) is 1. The number of nitrogens with one attached hydrogen (secondary N) is 1. The molecule has 0 saturated carbocycles. The smallest absolute Gasteiger partial charge is 0.146 e. The van der Waals surface area contributed by atoms with E-state index in [0.717, 1.165) is 18.7 Å². The molecule has 0 radical (unpaired) electrons. The van der Waals surface area contributed by atoms with Gasteiger partial charge in [0.2, 0.25) is 0 Å². The highest BCUT2D eigenvalue weighted by Gasteiger charge is 2.11. The Morgan fingerprint density at radius 2 is 1.65 bits per heavy atom. The third-order valence-corrected chi connectivity index (χ3v) is 3.76. The highest BCUT2D eigenvalue weighted by Crippen LogP contribution is 2.21. The molecule has 1 aliphatic rings. The monoisotopic (exact) mass is 270 g/mol. The maximum Gasteiger partial charge on any atom is 0.146 e. The van der Waals surface area contributed by atoms with Gasteiger partial charge in [0.05, 0.1) is 5.69 Å². The van der Waals surface area contributed by atoms with Gasteiger partial charge in [0, 0.05) is 25.3 Å². The van der Waals surface area contributed by atoms with E-state index in [0.29, 0.717) is 12.2 Å². The fraction of sp³-hybridized carbons (Fsp3) is 0.294. The number of rotatable bonds is 4. The van der Waals surface area contributed by atoms with Gasteiger partial charge >= 0.3 is 0 Å². The van der Waals surface area contributed by atoms with Gasteiger partial charge in [-0.3, -0.25) is 0 Å². The molecule has 1 fully saturated rings. The SMILES string of the molecule is Fc1ccccc1NCc1ccc(N2CCCC2)cc1. The van der Waals surface area contributed by atoms with E-state index in [1.807, 2.05) is 6.07 Å². The average Bonchev–Trinajstić information content (AvgIpc) is 3.01. The summed E-state index contributed by atoms with van der Waals surface area (Å²) in [5, 5.41) is 3.13. The first-order valence-electron chi connectivity index (χ1n) is 7.15. The van der Waals surface area contributed by atoms with Crippen molar-refractivity contribution in [3.8, 4) is 0 Å². The van der Waals surface area contributed by atoms with Gasteiger partial charge in [0.1, 0.15) is 5.82 Å². The first kappa shape index (κ1) is 13.0. The molecule has 0 aliphatic carbocycles. The van der Waals surface area contributed by atoms with Crippen LogP contribution in [-0.4, -0.2) is 13.1 Å². The molecular weight excluding hydrogens is 251 g/mol. The summed E-state index contributed by atoms with van der Waals surface area (Å²) in [6, 6.07) is 15.3. The zero-order chi connectivity index (χ0) is 13.8. The Morgan fingerprint density at radius 1 is 0.950 bits per heavy atom. The maximum absolute atomic E-state index is 13.5. The van der Waals surface area contributed by atoms with E-state index < -0.39 is 0 Å². The second kappa shape index (κ2) is 5.95. The van der Waals surface area contributed by atoms with Crippen molar-refractivity contribution >= 4 is 11.4 Å². The summed E-state index contributed by atoms with van der Waals surface area (Å²) in [4.78, 5) is 2.41. The standard InChI is InChI=1S/C17H19FN2/c18-16-5-1-2-6-17(16)19-13-14-7-9-15(10-8-14)20-11-3-4-12-20/h1-2,5-10,19H,3-4,11-13H2. The molecule has 3 heteroatoms. The topological polar surface area (TPSA) is 15.3 Å². The lowest BCUT2D eigenvalue weighted by molar-refractivity contribution is 0.630. The van der Waals surface area contributed by atoms with Gasteiger partial charge < -0.3 is 10.2 Å². The highest BCUT2D eigenvalue weighted by molar-refractivity contribution is 5.49. The molecule has 2 aromatic rings. The van der Waals surface area contributed by atoms with Crippen LogP contribution in [0.15, 0.2) is 48.5 Å². The van der Waals surface area contributed by atoms with Crippen molar-refractivity contribution in [3.63, 3.8) is 0 Å². The summed E-state index contributed by atoms with van der Waals surface area (Å²) in [5.41, 5.74) is 3.00. The Hall–Kier alpha value is -2.03. The molecule has 0 atom stereocenters. The predicted molar refractivity (Wildman–Crippen MR) is 81.6 cm³/mol. The van der Waals surface area contributed by atoms with Gasteiger partial charge in [0.25, 0.3) is 0 Å². The summed E-state index contributed by atoms with van der Waals surface area (Å²) in [6.07, 6.45) is 2.58. The molecule has 20 heavy (non-hydrogen) atoms. The Kier molecular flexibility index (Phi) is 3.86. The van der Waals surface area contributed by atoms with Crippen molar-refractivity contribution in [2.24, 2.45) is 0 Å². The van der Waals surface area contributed by atoms with Crippen molar-refractivity contribution in [1.82, 2.24) is 0 Å². The first-order valence-corrected chi connectivity index (χ1v) is 7.15. The van der Waals surface area contributed by atoms with Gasteiger partial charge in [-0.25, -0.2) is 4.39 Å². The molecule has 1 N–H and O–H groups in total. The molecule has 0 bridgehead atoms. The minimum absolute atomic E-state index is 0.207. The number of halogens is 1. The Morgan fingerprint density at radius 3 is 2.35 bits per heavy atom. The van der Waals surface area contributed by atoms with E-state index in [9.17, 15) is 4.39 Å². The first-order chi connectivity index (χ1) is 9.83. The summed E-state index contributed by atoms with van der Waals surface area (Å²) in [6.45, 7) is 2.96. The van der Waals surface area contributed by atoms with E-state index in [1.54, 1.807) is 12.1 Å². The number of para-hydroxylation sites is 1. The Labute approximate surface area is 119 Å². The second-order valence-corrected chi connectivity index (χ2v) is 5.19. The van der Waals surface area contributed by atoms with Crippen LogP contribution < -0.4 is 10.2 Å². The fourth-order valence-corrected chi connectivity index (χ4v) is 2.60. The summed E-state index contributed by atoms with van der Waals surface area (Å²) >= 11 is 0. The molecule has 0 spiro atoms. The van der Waals surface area contributed by atoms with E-state index in [2.05, 4.69) is 34.5 Å². The Balaban J connectivity index is 1.62. The van der Waals surface area contributed by atoms with Crippen molar-refractivity contribution in [2.45, 2.75) is 19.4 Å². The van der Waals surface area contributed by atoms with Crippen molar-refractivity contribution in [3.05, 3.63) is 59.9 Å². The summed E-state index contributed by atoms with van der Waals surface area (Å²) < 4.78 is 13.5. The molecular formula is C17H19FN2. The summed E-state index contributed by atoms with van der Waals surface area (Å²) in [5.74, 6) is -0.207. The molecule has 0 amide bonds. The lowest BCUT2D eigenvalue weighted by atomic mass is 10.2. The van der Waals surface area contributed by atoms with Crippen LogP contribution in [0.2, 0.25) is 0 Å². The number of benzene rings is 2. The molecule has 1 saturated heterocycles. The van der Waals surface area contributed by atoms with Crippen molar-refractivity contribution < 1.29 is 4.39 Å². The van der Waals surface area contributed by atoms with Crippen molar-refractivity contribution in [1.29, 1.82) is 0 Å². The number of hydrogen-bond acceptors (Lipinski definition) is 2. The molecule has 2 aromatic carbocycles. The highest BCUT2D eigenvalue weighted by atomic mass is 19.1. The third-order valence-electron chi connectivity index (χ3n) is 3.76. The zero-order valence-electron chi connectivity index (χ0n) is 11.5. The van der Waals surface area contributed by atoms with Gasteiger partial charge in [-0.2, -0.15) is 0 Å². The summed E-state index contributed by atoms with van der Waals surface area (Å²) in [7, 11) is 0. The van der Waals surface area contributed by atoms with Crippen LogP contribution in [0.25, 0.3) is 0 Å². The van der Waals surface area contributed by atoms with Crippen LogP contribution in [0, 0.1) is 5.82 Å². The second-order valence-electron chi connectivity index (χ2n) is 5.19. The fourth-order valence-electron chi connectivity index (χ4n) is 2.60. The molecule has 3 rings (SSSR count). The van der Waals surface area contributed by atoms with Crippen LogP contribution in [0.3, 0.4) is 0 Å². The van der Waals surface area contributed by atoms with Crippen LogP contribution in [0.4, 0.5) is 15.8 Å². The van der Waals surface area contributed by atoms with E-state index in [-0.39, 0.29) is 5.82 Å². The zero-order valence-corrected chi connectivity index (χ0v) is 11.5. The lowest BCUT2D eigenvalue weighted by Gasteiger charge is -2.17. The van der Waals surface area contributed by atoms with E-state index in [1.165, 1.54) is 24.6 Å². The van der Waals surface area contributed by atoms with E-state index >= 15 is 0 Å². The van der Waals surface area contributed by atoms with Crippen LogP contribution >= 0.6 is 0 Å². The minimum atomic E-state index is -0.207. The normalized spacial score (nSPS) is 14.6. The lowest BCUT2D eigenvalue weighted by Crippen LogP contribution is -2.17. The molecule has 104 valence electrons. The molecule has 1 aliphatic heterocycles. The quantitative estimate of drug-likeness (QED) is 0.902. The van der Waals surface area contributed by atoms with Gasteiger partial charge in [0.15, 0.2) is 0 Å². The van der Waals surface area contributed by atoms with Gasteiger partial charge in [-0.15, -0.1) is 0 Å². The van der Waals surface area contributed by atoms with Gasteiger partial charge in [-0.05, 0) is 42.7 Å². The van der Waals surface area contributed by atoms with E-state index in [4.69, 9.17) is 0 Å². The molecule has 2 nitrogen and oxygen atoms in total. The van der Waals surface area contributed by atoms with Gasteiger partial charge in [-0.1, -0.05) is 24.3 Å². The van der Waals surface area contributed by atoms with Crippen molar-refractivity contribution in [2.75, 3.05) is 23.3 Å². The van der Waals surface area contributed by atoms with Crippen LogP contribution in [0.1, 0.15) is 18.4 Å². The molecule has 0 aromatic heterocycles. The average molecular weight is 270 g/mol. The minimum Gasteiger partial charge on any atom is -0.379 e. The third kappa shape index (κ3) is 2.93. The Bertz CT molecular complexity index is 559. The number of anilines is 2. The number of hydrogen-bond donors (Lipinski definition) is 1. The maximum atomic E-state index is 13.5. The van der Waals surface area contributed by atoms with Crippen LogP contribution in [-0.2, 0) is 6.54 Å².